The van der Waals surface area contributed by atoms with Crippen LogP contribution in [0, 0.1) is 0 Å². The van der Waals surface area contributed by atoms with E-state index in [9.17, 15) is 13.0 Å². The molecule has 0 spiro atoms. The summed E-state index contributed by atoms with van der Waals surface area (Å²) in [7, 11) is -0.307. The Morgan fingerprint density at radius 3 is 2.69 bits per heavy atom. The number of pyridine rings is 1. The summed E-state index contributed by atoms with van der Waals surface area (Å²) in [6, 6.07) is 14.9. The van der Waals surface area contributed by atoms with Crippen LogP contribution in [0.15, 0.2) is 69.5 Å². The van der Waals surface area contributed by atoms with E-state index in [4.69, 9.17) is 0 Å². The van der Waals surface area contributed by atoms with Crippen LogP contribution in [0.2, 0.25) is 0 Å². The minimum absolute atomic E-state index is 0.0952. The predicted molar refractivity (Wildman–Crippen MR) is 104 cm³/mol. The molecule has 1 aliphatic rings. The molecule has 2 heterocycles. The molecule has 1 N–H and O–H groups in total. The van der Waals surface area contributed by atoms with Gasteiger partial charge in [-0.05, 0) is 35.9 Å². The van der Waals surface area contributed by atoms with Crippen LogP contribution in [-0.4, -0.2) is 20.0 Å². The van der Waals surface area contributed by atoms with Crippen LogP contribution in [0.5, 0.6) is 0 Å². The van der Waals surface area contributed by atoms with Crippen LogP contribution in [0.4, 0.5) is 5.69 Å². The molecule has 0 amide bonds. The molecule has 0 atom stereocenters. The quantitative estimate of drug-likeness (QED) is 0.541. The summed E-state index contributed by atoms with van der Waals surface area (Å²) in [4.78, 5) is 2.80. The number of fused-ring (bicyclic) bond motifs is 2. The molecule has 0 bridgehead atoms. The second kappa shape index (κ2) is 6.12. The number of anilines is 1. The van der Waals surface area contributed by atoms with Crippen molar-refractivity contribution in [2.75, 3.05) is 11.9 Å². The minimum Gasteiger partial charge on any atom is -0.338 e. The zero-order chi connectivity index (χ0) is 18.5. The Bertz CT molecular complexity index is 1170. The molecule has 0 aliphatic carbocycles. The van der Waals surface area contributed by atoms with Crippen LogP contribution in [-0.2, 0) is 17.2 Å². The maximum atomic E-state index is 11.4. The molecule has 132 valence electrons. The molecule has 0 saturated carbocycles. The maximum Gasteiger partial charge on any atom is 0.294 e. The topological polar surface area (TPSA) is 61.5 Å². The third-order valence-electron chi connectivity index (χ3n) is 4.49. The lowest BCUT2D eigenvalue weighted by Crippen LogP contribution is -2.28. The Morgan fingerprint density at radius 1 is 1.15 bits per heavy atom. The summed E-state index contributed by atoms with van der Waals surface area (Å²) >= 11 is 1.57. The molecule has 26 heavy (non-hydrogen) atoms. The number of nitrogens with zero attached hydrogens (tertiary/aromatic N) is 2. The van der Waals surface area contributed by atoms with Gasteiger partial charge in [-0.3, -0.25) is 4.55 Å². The fraction of sp³-hybridized carbons (Fsp3) is 0.105. The van der Waals surface area contributed by atoms with E-state index < -0.39 is 10.1 Å². The Labute approximate surface area is 156 Å². The molecule has 1 aliphatic heterocycles. The zero-order valence-corrected chi connectivity index (χ0v) is 15.9. The molecular weight excluding hydrogens is 368 g/mol. The first-order valence-corrected chi connectivity index (χ1v) is 10.2. The van der Waals surface area contributed by atoms with Crippen molar-refractivity contribution in [1.82, 2.24) is 0 Å². The summed E-state index contributed by atoms with van der Waals surface area (Å²) in [5, 5.41) is 2.14. The monoisotopic (exact) mass is 385 g/mol. The lowest BCUT2D eigenvalue weighted by molar-refractivity contribution is -0.644. The van der Waals surface area contributed by atoms with Crippen molar-refractivity contribution in [2.24, 2.45) is 7.05 Å². The van der Waals surface area contributed by atoms with Gasteiger partial charge in [-0.25, -0.2) is 4.57 Å². The molecule has 5 nitrogen and oxygen atoms in total. The fourth-order valence-electron chi connectivity index (χ4n) is 3.08. The van der Waals surface area contributed by atoms with Crippen molar-refractivity contribution < 1.29 is 17.5 Å². The third-order valence-corrected chi connectivity index (χ3v) is 6.50. The van der Waals surface area contributed by atoms with Crippen molar-refractivity contribution in [3.63, 3.8) is 0 Å². The van der Waals surface area contributed by atoms with Crippen molar-refractivity contribution in [3.05, 3.63) is 65.3 Å². The van der Waals surface area contributed by atoms with Crippen LogP contribution in [0.25, 0.3) is 17.0 Å². The number of hydrogen-bond donors (Lipinski definition) is 1. The number of para-hydroxylation sites is 1. The minimum atomic E-state index is -4.22. The maximum absolute atomic E-state index is 11.4. The van der Waals surface area contributed by atoms with Gasteiger partial charge in [0.1, 0.15) is 7.05 Å². The molecular formula is C19H17N2O3S2+. The summed E-state index contributed by atoms with van der Waals surface area (Å²) in [6.07, 6.45) is 4.12. The molecule has 0 fully saturated rings. The highest BCUT2D eigenvalue weighted by atomic mass is 32.2. The Hall–Kier alpha value is -2.35. The molecule has 0 saturated heterocycles. The van der Waals surface area contributed by atoms with Gasteiger partial charge in [0.15, 0.2) is 6.20 Å². The largest absolute Gasteiger partial charge is 0.338 e. The van der Waals surface area contributed by atoms with E-state index in [0.717, 1.165) is 32.1 Å². The molecule has 4 rings (SSSR count). The highest BCUT2D eigenvalue weighted by Gasteiger charge is 2.25. The number of benzene rings is 2. The van der Waals surface area contributed by atoms with Crippen LogP contribution < -0.4 is 9.47 Å². The number of rotatable bonds is 2. The van der Waals surface area contributed by atoms with Gasteiger partial charge < -0.3 is 4.90 Å². The van der Waals surface area contributed by atoms with Gasteiger partial charge in [-0.2, -0.15) is 8.42 Å². The van der Waals surface area contributed by atoms with Gasteiger partial charge in [0.25, 0.3) is 10.1 Å². The van der Waals surface area contributed by atoms with Gasteiger partial charge in [0, 0.05) is 24.1 Å². The fourth-order valence-corrected chi connectivity index (χ4v) is 4.66. The van der Waals surface area contributed by atoms with Crippen molar-refractivity contribution in [1.29, 1.82) is 0 Å². The number of aryl methyl sites for hydroxylation is 1. The molecule has 0 radical (unpaired) electrons. The average molecular weight is 385 g/mol. The molecule has 2 aromatic carbocycles. The first-order valence-electron chi connectivity index (χ1n) is 7.97. The average Bonchev–Trinajstić information content (AvgIpc) is 2.92. The number of aromatic nitrogens is 1. The van der Waals surface area contributed by atoms with Crippen molar-refractivity contribution >= 4 is 44.5 Å². The van der Waals surface area contributed by atoms with Gasteiger partial charge in [0.2, 0.25) is 5.52 Å². The van der Waals surface area contributed by atoms with Gasteiger partial charge in [-0.1, -0.05) is 23.9 Å². The molecule has 7 heteroatoms. The second-order valence-electron chi connectivity index (χ2n) is 6.15. The SMILES string of the molecule is CN1/C(=C\c2cc[n+](C)c3ccccc23)Sc2ccc(S(=O)(=O)O)cc21. The normalized spacial score (nSPS) is 15.7. The highest BCUT2D eigenvalue weighted by Crippen LogP contribution is 2.46. The van der Waals surface area contributed by atoms with Gasteiger partial charge in [-0.15, -0.1) is 0 Å². The summed E-state index contributed by atoms with van der Waals surface area (Å²) < 4.78 is 34.2. The first-order chi connectivity index (χ1) is 12.3. The van der Waals surface area contributed by atoms with E-state index in [1.807, 2.05) is 37.3 Å². The van der Waals surface area contributed by atoms with Gasteiger partial charge in [0.05, 0.1) is 21.0 Å². The van der Waals surface area contributed by atoms with E-state index in [1.165, 1.54) is 12.1 Å². The number of thioether (sulfide) groups is 1. The Morgan fingerprint density at radius 2 is 1.92 bits per heavy atom. The summed E-state index contributed by atoms with van der Waals surface area (Å²) in [6.45, 7) is 0. The molecule has 1 aromatic heterocycles. The van der Waals surface area contributed by atoms with E-state index >= 15 is 0 Å². The van der Waals surface area contributed by atoms with E-state index in [0.29, 0.717) is 0 Å². The molecule has 0 unspecified atom stereocenters. The second-order valence-corrected chi connectivity index (χ2v) is 8.63. The lowest BCUT2D eigenvalue weighted by atomic mass is 10.1. The van der Waals surface area contributed by atoms with Crippen molar-refractivity contribution in [3.8, 4) is 0 Å². The van der Waals surface area contributed by atoms with E-state index in [1.54, 1.807) is 17.8 Å². The zero-order valence-electron chi connectivity index (χ0n) is 14.2. The highest BCUT2D eigenvalue weighted by molar-refractivity contribution is 8.03. The molecule has 3 aromatic rings. The van der Waals surface area contributed by atoms with Crippen molar-refractivity contribution in [2.45, 2.75) is 9.79 Å². The van der Waals surface area contributed by atoms with E-state index in [-0.39, 0.29) is 4.90 Å². The third kappa shape index (κ3) is 2.88. The predicted octanol–water partition coefficient (Wildman–Crippen LogP) is 3.45. The summed E-state index contributed by atoms with van der Waals surface area (Å²) in [5.74, 6) is 0. The van der Waals surface area contributed by atoms with Crippen LogP contribution in [0.3, 0.4) is 0 Å². The first kappa shape index (κ1) is 17.1. The Kier molecular flexibility index (Phi) is 4.02. The Balaban J connectivity index is 1.80. The van der Waals surface area contributed by atoms with Crippen LogP contribution in [0.1, 0.15) is 5.56 Å². The van der Waals surface area contributed by atoms with Gasteiger partial charge >= 0.3 is 0 Å². The van der Waals surface area contributed by atoms with E-state index in [2.05, 4.69) is 28.8 Å². The summed E-state index contributed by atoms with van der Waals surface area (Å²) in [5.41, 5.74) is 3.00. The standard InChI is InChI=1S/C19H16N2O3S2/c1-20-10-9-13(15-5-3-4-6-16(15)20)11-19-21(2)17-12-14(26(22,23)24)7-8-18(17)25-19/h3-12H,1-2H3/p+1. The number of hydrogen-bond acceptors (Lipinski definition) is 4. The lowest BCUT2D eigenvalue weighted by Gasteiger charge is -2.14. The smallest absolute Gasteiger partial charge is 0.294 e. The van der Waals surface area contributed by atoms with Crippen LogP contribution >= 0.6 is 11.8 Å².